The van der Waals surface area contributed by atoms with Gasteiger partial charge in [-0.25, -0.2) is 19.7 Å². The van der Waals surface area contributed by atoms with Crippen LogP contribution < -0.4 is 20.9 Å². The fourth-order valence-electron chi connectivity index (χ4n) is 9.54. The molecule has 77 heavy (non-hydrogen) atoms. The van der Waals surface area contributed by atoms with E-state index in [-0.39, 0.29) is 41.5 Å². The van der Waals surface area contributed by atoms with Crippen molar-refractivity contribution in [3.05, 3.63) is 100 Å². The van der Waals surface area contributed by atoms with E-state index < -0.39 is 17.8 Å². The molecule has 4 amide bonds. The molecule has 2 aromatic carbocycles. The highest BCUT2D eigenvalue weighted by Gasteiger charge is 2.35. The van der Waals surface area contributed by atoms with Crippen LogP contribution >= 0.6 is 11.6 Å². The van der Waals surface area contributed by atoms with Crippen molar-refractivity contribution < 1.29 is 33.8 Å². The molecular formula is C59H89ClN10O7. The predicted octanol–water partition coefficient (Wildman–Crippen LogP) is 9.47. The Morgan fingerprint density at radius 3 is 2.03 bits per heavy atom. The molecule has 0 radical (unpaired) electrons. The fourth-order valence-corrected chi connectivity index (χ4v) is 9.67. The van der Waals surface area contributed by atoms with Gasteiger partial charge in [-0.15, -0.1) is 0 Å². The Morgan fingerprint density at radius 2 is 1.42 bits per heavy atom. The molecular weight excluding hydrogens is 996 g/mol. The second kappa shape index (κ2) is 32.2. The molecule has 4 N–H and O–H groups in total. The quantitative estimate of drug-likeness (QED) is 0.0926. The van der Waals surface area contributed by atoms with Crippen molar-refractivity contribution in [3.8, 4) is 11.1 Å². The van der Waals surface area contributed by atoms with Crippen LogP contribution in [0.1, 0.15) is 146 Å². The van der Waals surface area contributed by atoms with Crippen LogP contribution in [0.4, 0.5) is 16.3 Å². The largest absolute Gasteiger partial charge is 0.444 e. The van der Waals surface area contributed by atoms with E-state index in [0.717, 1.165) is 97.7 Å². The minimum Gasteiger partial charge on any atom is -0.444 e. The normalized spacial score (nSPS) is 17.6. The number of fused-ring (bicyclic) bond motifs is 1. The maximum Gasteiger partial charge on any atom is 0.412 e. The first-order chi connectivity index (χ1) is 37.0. The lowest BCUT2D eigenvalue weighted by atomic mass is 10.0. The van der Waals surface area contributed by atoms with Crippen molar-refractivity contribution in [1.82, 2.24) is 40.3 Å². The van der Waals surface area contributed by atoms with Crippen LogP contribution in [0.2, 0.25) is 5.02 Å². The van der Waals surface area contributed by atoms with Gasteiger partial charge in [0.15, 0.2) is 5.69 Å². The van der Waals surface area contributed by atoms with Crippen LogP contribution in [-0.2, 0) is 25.5 Å². The number of ether oxygens (including phenoxy) is 2. The summed E-state index contributed by atoms with van der Waals surface area (Å²) in [4.78, 5) is 72.5. The molecule has 5 heterocycles. The number of benzene rings is 2. The third-order valence-corrected chi connectivity index (χ3v) is 13.5. The SMILES string of the molecule is CC.CC.CC.CNCCNC(=O)CN1CCC(OC2CCN(C(=O)c3ncc(-c4cccc(C)c4)cc3NC(=O)OC(C)(C)C)CC2)CC1.C[C@@H]1CC(O)c2ncnc(N3CCN(C(=O)Cc4ccc(Cl)cc4)CC3)c21. The lowest BCUT2D eigenvalue weighted by molar-refractivity contribution is -0.130. The molecule has 4 aromatic rings. The van der Waals surface area contributed by atoms with Gasteiger partial charge in [-0.1, -0.05) is 102 Å². The Bertz CT molecular complexity index is 2450. The Morgan fingerprint density at radius 1 is 0.779 bits per heavy atom. The second-order valence-electron chi connectivity index (χ2n) is 20.0. The topological polar surface area (TPSA) is 195 Å². The minimum absolute atomic E-state index is 0.0559. The number of halogens is 1. The van der Waals surface area contributed by atoms with Crippen LogP contribution in [-0.4, -0.2) is 155 Å². The number of likely N-dealkylation sites (tertiary alicyclic amines) is 2. The van der Waals surface area contributed by atoms with Crippen LogP contribution in [0.25, 0.3) is 11.1 Å². The molecule has 2 atom stereocenters. The average Bonchev–Trinajstić information content (AvgIpc) is 3.73. The zero-order valence-corrected chi connectivity index (χ0v) is 48.8. The lowest BCUT2D eigenvalue weighted by Crippen LogP contribution is -2.49. The summed E-state index contributed by atoms with van der Waals surface area (Å²) in [5.74, 6) is 1.12. The van der Waals surface area contributed by atoms with Gasteiger partial charge in [0.2, 0.25) is 11.8 Å². The van der Waals surface area contributed by atoms with Gasteiger partial charge in [-0.05, 0) is 102 Å². The first kappa shape index (κ1) is 63.8. The number of carbonyl (C=O) groups excluding carboxylic acids is 4. The number of likely N-dealkylation sites (N-methyl/N-ethyl adjacent to an activating group) is 1. The van der Waals surface area contributed by atoms with Gasteiger partial charge in [0.05, 0.1) is 42.7 Å². The van der Waals surface area contributed by atoms with Gasteiger partial charge < -0.3 is 39.9 Å². The minimum atomic E-state index is -0.685. The Labute approximate surface area is 464 Å². The van der Waals surface area contributed by atoms with Crippen LogP contribution in [0.5, 0.6) is 0 Å². The Hall–Kier alpha value is -5.72. The summed E-state index contributed by atoms with van der Waals surface area (Å²) in [6.07, 6.45) is 6.64. The van der Waals surface area contributed by atoms with Gasteiger partial charge in [-0.2, -0.15) is 0 Å². The highest BCUT2D eigenvalue weighted by Crippen LogP contribution is 2.43. The molecule has 0 saturated carbocycles. The molecule has 1 unspecified atom stereocenters. The number of hydrogen-bond donors (Lipinski definition) is 4. The van der Waals surface area contributed by atoms with E-state index in [1.807, 2.05) is 109 Å². The van der Waals surface area contributed by atoms with Crippen molar-refractivity contribution in [2.45, 2.75) is 145 Å². The second-order valence-corrected chi connectivity index (χ2v) is 20.4. The molecule has 17 nitrogen and oxygen atoms in total. The summed E-state index contributed by atoms with van der Waals surface area (Å²) in [6.45, 7) is 28.9. The van der Waals surface area contributed by atoms with E-state index in [1.165, 1.54) is 6.33 Å². The monoisotopic (exact) mass is 1080 g/mol. The Balaban J connectivity index is 0.000000330. The van der Waals surface area contributed by atoms with Crippen LogP contribution in [0, 0.1) is 6.92 Å². The van der Waals surface area contributed by atoms with Crippen molar-refractivity contribution in [2.75, 3.05) is 89.3 Å². The van der Waals surface area contributed by atoms with Crippen molar-refractivity contribution in [2.24, 2.45) is 0 Å². The van der Waals surface area contributed by atoms with E-state index in [0.29, 0.717) is 62.8 Å². The molecule has 3 saturated heterocycles. The Kier molecular flexibility index (Phi) is 26.7. The maximum absolute atomic E-state index is 13.7. The molecule has 424 valence electrons. The smallest absolute Gasteiger partial charge is 0.412 e. The summed E-state index contributed by atoms with van der Waals surface area (Å²) in [5.41, 5.74) is 5.46. The summed E-state index contributed by atoms with van der Waals surface area (Å²) in [7, 11) is 1.86. The fraction of sp³-hybridized carbons (Fsp3) is 0.576. The molecule has 8 rings (SSSR count). The summed E-state index contributed by atoms with van der Waals surface area (Å²) >= 11 is 5.90. The molecule has 0 spiro atoms. The maximum atomic E-state index is 13.7. The molecule has 3 fully saturated rings. The molecule has 3 aliphatic heterocycles. The first-order valence-corrected chi connectivity index (χ1v) is 28.4. The van der Waals surface area contributed by atoms with Gasteiger partial charge in [0.1, 0.15) is 17.7 Å². The van der Waals surface area contributed by atoms with Crippen LogP contribution in [0.3, 0.4) is 0 Å². The number of piperidine rings is 2. The average molecular weight is 1090 g/mol. The predicted molar refractivity (Wildman–Crippen MR) is 309 cm³/mol. The number of anilines is 2. The van der Waals surface area contributed by atoms with Crippen molar-refractivity contribution in [1.29, 1.82) is 0 Å². The lowest BCUT2D eigenvalue weighted by Gasteiger charge is -2.37. The van der Waals surface area contributed by atoms with E-state index in [9.17, 15) is 24.3 Å². The molecule has 0 bridgehead atoms. The zero-order chi connectivity index (χ0) is 56.7. The third kappa shape index (κ3) is 19.6. The molecule has 2 aromatic heterocycles. The van der Waals surface area contributed by atoms with E-state index in [2.05, 4.69) is 47.6 Å². The number of aliphatic hydroxyl groups is 1. The number of pyridine rings is 1. The number of amides is 4. The van der Waals surface area contributed by atoms with Crippen LogP contribution in [0.15, 0.2) is 67.1 Å². The van der Waals surface area contributed by atoms with Gasteiger partial charge in [0, 0.05) is 87.8 Å². The van der Waals surface area contributed by atoms with Gasteiger partial charge >= 0.3 is 6.09 Å². The number of aromatic nitrogens is 3. The number of rotatable bonds is 13. The third-order valence-electron chi connectivity index (χ3n) is 13.3. The highest BCUT2D eigenvalue weighted by atomic mass is 35.5. The molecule has 18 heteroatoms. The number of aryl methyl sites for hydroxylation is 1. The number of carbonyl (C=O) groups is 4. The van der Waals surface area contributed by atoms with Crippen molar-refractivity contribution in [3.63, 3.8) is 0 Å². The molecule has 1 aliphatic carbocycles. The summed E-state index contributed by atoms with van der Waals surface area (Å²) < 4.78 is 11.9. The van der Waals surface area contributed by atoms with Crippen molar-refractivity contribution >= 4 is 46.9 Å². The summed E-state index contributed by atoms with van der Waals surface area (Å²) in [5, 5.41) is 19.6. The van der Waals surface area contributed by atoms with Gasteiger partial charge in [-0.3, -0.25) is 24.6 Å². The number of nitrogens with one attached hydrogen (secondary N) is 3. The first-order valence-electron chi connectivity index (χ1n) is 28.0. The highest BCUT2D eigenvalue weighted by molar-refractivity contribution is 6.30. The van der Waals surface area contributed by atoms with E-state index in [1.54, 1.807) is 37.9 Å². The van der Waals surface area contributed by atoms with E-state index >= 15 is 0 Å². The summed E-state index contributed by atoms with van der Waals surface area (Å²) in [6, 6.07) is 17.2. The number of aliphatic hydroxyl groups excluding tert-OH is 1. The standard InChI is InChI=1S/C33H48N6O5.C20H23ClN4O2.3C2H6/c1-23-7-6-8-24(19-23)25-20-28(37-32(42)44-33(2,3)4)30(36-21-25)31(41)39-17-11-27(12-18-39)43-26-9-15-38(16-10-26)22-29(40)35-14-13-34-5;1-13-10-16(26)19-18(13)20(23-12-22-19)25-8-6-24(7-9-25)17(27)11-14-2-4-15(21)5-3-14;3*1-2/h6-8,19-21,26-27,34H,9-18,22H2,1-5H3,(H,35,40)(H,37,42);2-5,12-13,16,26H,6-11H2,1H3;3*1-2H3/t;13-,16?;;;/m.1.../s1. The molecule has 4 aliphatic rings. The zero-order valence-electron chi connectivity index (χ0n) is 48.1. The number of piperazine rings is 1. The number of hydrogen-bond acceptors (Lipinski definition) is 13. The number of nitrogens with zero attached hydrogens (tertiary/aromatic N) is 7. The van der Waals surface area contributed by atoms with E-state index in [4.69, 9.17) is 21.1 Å². The van der Waals surface area contributed by atoms with Gasteiger partial charge in [0.25, 0.3) is 5.91 Å².